The molecule has 1 aliphatic rings. The summed E-state index contributed by atoms with van der Waals surface area (Å²) in [7, 11) is 3.02. The van der Waals surface area contributed by atoms with Crippen molar-refractivity contribution in [3.05, 3.63) is 22.2 Å². The van der Waals surface area contributed by atoms with E-state index in [1.54, 1.807) is 13.1 Å². The number of hydrogen-bond acceptors (Lipinski definition) is 11. The highest BCUT2D eigenvalue weighted by Crippen LogP contribution is 2.31. The molecule has 0 amide bonds. The van der Waals surface area contributed by atoms with Gasteiger partial charge in [-0.25, -0.2) is 9.59 Å². The summed E-state index contributed by atoms with van der Waals surface area (Å²) < 4.78 is 17.1. The minimum absolute atomic E-state index is 0.0303. The molecule has 9 nitrogen and oxygen atoms in total. The maximum atomic E-state index is 11.9. The summed E-state index contributed by atoms with van der Waals surface area (Å²) in [6.07, 6.45) is 0.372. The maximum Gasteiger partial charge on any atom is 0.508 e. The minimum atomic E-state index is -0.757. The summed E-state index contributed by atoms with van der Waals surface area (Å²) in [6, 6.07) is 0. The van der Waals surface area contributed by atoms with Crippen molar-refractivity contribution in [3.8, 4) is 0 Å². The molecule has 0 aliphatic carbocycles. The van der Waals surface area contributed by atoms with Crippen molar-refractivity contribution in [1.29, 1.82) is 0 Å². The van der Waals surface area contributed by atoms with Crippen molar-refractivity contribution in [2.45, 2.75) is 18.6 Å². The molecule has 146 valence electrons. The number of ether oxygens (including phenoxy) is 3. The van der Waals surface area contributed by atoms with Crippen molar-refractivity contribution in [2.24, 2.45) is 0 Å². The van der Waals surface area contributed by atoms with E-state index in [0.29, 0.717) is 22.8 Å². The molecular formula is C14H21N3O6S3. The van der Waals surface area contributed by atoms with Gasteiger partial charge in [0.25, 0.3) is 0 Å². The third-order valence-electron chi connectivity index (χ3n) is 3.20. The van der Waals surface area contributed by atoms with Crippen LogP contribution < -0.4 is 11.4 Å². The molecule has 1 aliphatic heterocycles. The van der Waals surface area contributed by atoms with Crippen LogP contribution in [0, 0.1) is 6.92 Å². The molecule has 0 aromatic carbocycles. The van der Waals surface area contributed by atoms with Crippen LogP contribution in [0.4, 0.5) is 10.6 Å². The topological polar surface area (TPSA) is 126 Å². The number of thioether (sulfide) groups is 1. The van der Waals surface area contributed by atoms with Crippen molar-refractivity contribution in [3.63, 3.8) is 0 Å². The van der Waals surface area contributed by atoms with Gasteiger partial charge in [-0.2, -0.15) is 4.98 Å². The van der Waals surface area contributed by atoms with Crippen LogP contribution >= 0.6 is 33.3 Å². The number of hydrogen-bond donors (Lipinski definition) is 2. The molecule has 0 radical (unpaired) electrons. The standard InChI is InChI=1S/C14H21N3O6S3/c1-9-6-17(13(19)16-12(9)15)10-8-24-11(23-10)7-22-14(20)21-3-5-26-25-4-2-18/h6,10-11,18H,2-5,7-8H2,1H3,(H2,15,16,19). The minimum Gasteiger partial charge on any atom is -0.433 e. The molecule has 0 spiro atoms. The molecule has 2 unspecified atom stereocenters. The van der Waals surface area contributed by atoms with Gasteiger partial charge in [0, 0.05) is 29.0 Å². The number of aliphatic hydroxyl groups is 1. The fraction of sp³-hybridized carbons (Fsp3) is 0.643. The van der Waals surface area contributed by atoms with Crippen molar-refractivity contribution >= 4 is 45.3 Å². The SMILES string of the molecule is Cc1cn(C2CSC(COC(=O)OCCSSCCO)O2)c(=O)nc1N. The molecule has 26 heavy (non-hydrogen) atoms. The highest BCUT2D eigenvalue weighted by atomic mass is 33.1. The van der Waals surface area contributed by atoms with Gasteiger partial charge < -0.3 is 25.1 Å². The van der Waals surface area contributed by atoms with E-state index in [2.05, 4.69) is 4.98 Å². The first kappa shape index (κ1) is 21.2. The van der Waals surface area contributed by atoms with Crippen LogP contribution in [0.25, 0.3) is 0 Å². The highest BCUT2D eigenvalue weighted by molar-refractivity contribution is 8.76. The molecule has 12 heteroatoms. The van der Waals surface area contributed by atoms with Gasteiger partial charge in [0.2, 0.25) is 0 Å². The molecule has 1 aromatic rings. The average molecular weight is 424 g/mol. The summed E-state index contributed by atoms with van der Waals surface area (Å²) in [6.45, 7) is 2.15. The molecule has 0 bridgehead atoms. The Kier molecular flexibility index (Phi) is 8.91. The summed E-state index contributed by atoms with van der Waals surface area (Å²) in [4.78, 5) is 27.2. The van der Waals surface area contributed by atoms with Crippen LogP contribution in [0.5, 0.6) is 0 Å². The second-order valence-electron chi connectivity index (χ2n) is 5.13. The first-order valence-electron chi connectivity index (χ1n) is 7.78. The maximum absolute atomic E-state index is 11.9. The number of rotatable bonds is 9. The van der Waals surface area contributed by atoms with Crippen LogP contribution in [0.3, 0.4) is 0 Å². The summed E-state index contributed by atoms with van der Waals surface area (Å²) in [5.74, 6) is 1.99. The summed E-state index contributed by atoms with van der Waals surface area (Å²) >= 11 is 1.44. The van der Waals surface area contributed by atoms with Crippen LogP contribution in [0.1, 0.15) is 11.8 Å². The molecule has 2 rings (SSSR count). The number of nitrogens with zero attached hydrogens (tertiary/aromatic N) is 2. The zero-order valence-electron chi connectivity index (χ0n) is 14.2. The Hall–Kier alpha value is -1.08. The Morgan fingerprint density at radius 1 is 1.50 bits per heavy atom. The molecule has 1 saturated heterocycles. The molecule has 1 aromatic heterocycles. The molecule has 2 heterocycles. The Bertz CT molecular complexity index is 659. The largest absolute Gasteiger partial charge is 0.508 e. The first-order chi connectivity index (χ1) is 12.5. The van der Waals surface area contributed by atoms with Gasteiger partial charge in [-0.1, -0.05) is 21.6 Å². The van der Waals surface area contributed by atoms with Crippen LogP contribution in [-0.2, 0) is 14.2 Å². The smallest absolute Gasteiger partial charge is 0.433 e. The van der Waals surface area contributed by atoms with E-state index in [1.165, 1.54) is 37.9 Å². The second-order valence-corrected chi connectivity index (χ2v) is 9.02. The number of aromatic nitrogens is 2. The molecule has 0 saturated carbocycles. The lowest BCUT2D eigenvalue weighted by Gasteiger charge is -2.15. The van der Waals surface area contributed by atoms with Gasteiger partial charge in [0.1, 0.15) is 30.7 Å². The van der Waals surface area contributed by atoms with Gasteiger partial charge in [-0.05, 0) is 6.92 Å². The van der Waals surface area contributed by atoms with E-state index in [-0.39, 0.29) is 31.1 Å². The predicted molar refractivity (Wildman–Crippen MR) is 103 cm³/mol. The van der Waals surface area contributed by atoms with Crippen LogP contribution in [0.15, 0.2) is 11.0 Å². The van der Waals surface area contributed by atoms with Crippen molar-refractivity contribution < 1.29 is 24.1 Å². The van der Waals surface area contributed by atoms with E-state index in [4.69, 9.17) is 25.1 Å². The third kappa shape index (κ3) is 6.58. The van der Waals surface area contributed by atoms with E-state index in [9.17, 15) is 9.59 Å². The van der Waals surface area contributed by atoms with E-state index >= 15 is 0 Å². The first-order valence-corrected chi connectivity index (χ1v) is 11.3. The number of nitrogens with two attached hydrogens (primary N) is 1. The Labute approximate surface area is 162 Å². The fourth-order valence-corrected chi connectivity index (χ4v) is 4.54. The number of carbonyl (C=O) groups is 1. The number of aryl methyl sites for hydroxylation is 1. The number of carbonyl (C=O) groups excluding carboxylic acids is 1. The lowest BCUT2D eigenvalue weighted by atomic mass is 10.3. The Morgan fingerprint density at radius 3 is 3.04 bits per heavy atom. The molecular weight excluding hydrogens is 402 g/mol. The predicted octanol–water partition coefficient (Wildman–Crippen LogP) is 1.25. The highest BCUT2D eigenvalue weighted by Gasteiger charge is 2.29. The normalized spacial score (nSPS) is 19.5. The number of nitrogen functional groups attached to an aromatic ring is 1. The molecule has 3 N–H and O–H groups in total. The number of aliphatic hydroxyl groups excluding tert-OH is 1. The summed E-state index contributed by atoms with van der Waals surface area (Å²) in [5, 5.41) is 8.64. The lowest BCUT2D eigenvalue weighted by molar-refractivity contribution is -0.0229. The van der Waals surface area contributed by atoms with Gasteiger partial charge in [-0.15, -0.1) is 11.8 Å². The van der Waals surface area contributed by atoms with E-state index < -0.39 is 18.1 Å². The Balaban J connectivity index is 1.69. The Morgan fingerprint density at radius 2 is 2.27 bits per heavy atom. The van der Waals surface area contributed by atoms with Crippen molar-refractivity contribution in [2.75, 3.05) is 42.8 Å². The van der Waals surface area contributed by atoms with E-state index in [1.807, 2.05) is 0 Å². The van der Waals surface area contributed by atoms with Gasteiger partial charge in [0.15, 0.2) is 0 Å². The fourth-order valence-electron chi connectivity index (χ4n) is 1.95. The summed E-state index contributed by atoms with van der Waals surface area (Å²) in [5.41, 5.74) is 5.45. The van der Waals surface area contributed by atoms with Crippen LogP contribution in [0.2, 0.25) is 0 Å². The lowest BCUT2D eigenvalue weighted by Crippen LogP contribution is -2.29. The van der Waals surface area contributed by atoms with E-state index in [0.717, 1.165) is 0 Å². The second kappa shape index (κ2) is 10.9. The zero-order chi connectivity index (χ0) is 18.9. The number of anilines is 1. The van der Waals surface area contributed by atoms with Gasteiger partial charge in [0.05, 0.1) is 6.61 Å². The van der Waals surface area contributed by atoms with Gasteiger partial charge in [-0.3, -0.25) is 4.57 Å². The quantitative estimate of drug-likeness (QED) is 0.338. The van der Waals surface area contributed by atoms with Crippen molar-refractivity contribution in [1.82, 2.24) is 9.55 Å². The zero-order valence-corrected chi connectivity index (χ0v) is 16.6. The van der Waals surface area contributed by atoms with Crippen LogP contribution in [-0.4, -0.2) is 63.3 Å². The van der Waals surface area contributed by atoms with Gasteiger partial charge >= 0.3 is 11.8 Å². The average Bonchev–Trinajstić information content (AvgIpc) is 3.08. The third-order valence-corrected chi connectivity index (χ3v) is 6.65. The molecule has 2 atom stereocenters. The monoisotopic (exact) mass is 423 g/mol. The molecule has 1 fully saturated rings.